The first kappa shape index (κ1) is 19.6. The number of carbonyl (C=O) groups is 2. The molecule has 7 heteroatoms. The number of carbonyl (C=O) groups excluding carboxylic acids is 1. The van der Waals surface area contributed by atoms with Crippen molar-refractivity contribution in [1.82, 2.24) is 5.32 Å². The molecule has 0 aliphatic rings. The smallest absolute Gasteiger partial charge is 0.341 e. The van der Waals surface area contributed by atoms with Crippen LogP contribution in [0.3, 0.4) is 0 Å². The monoisotopic (exact) mass is 377 g/mol. The summed E-state index contributed by atoms with van der Waals surface area (Å²) >= 11 is 6.01. The Hall–Kier alpha value is -2.73. The third kappa shape index (κ3) is 6.29. The first-order valence-corrected chi connectivity index (χ1v) is 8.46. The second-order valence-corrected chi connectivity index (χ2v) is 5.97. The quantitative estimate of drug-likeness (QED) is 0.701. The number of hydrogen-bond acceptors (Lipinski definition) is 4. The molecule has 0 spiro atoms. The minimum Gasteiger partial charge on any atom is -0.482 e. The van der Waals surface area contributed by atoms with Gasteiger partial charge in [-0.25, -0.2) is 4.79 Å². The van der Waals surface area contributed by atoms with Crippen LogP contribution in [0.25, 0.3) is 0 Å². The highest BCUT2D eigenvalue weighted by Crippen LogP contribution is 2.24. The van der Waals surface area contributed by atoms with Crippen LogP contribution < -0.4 is 14.8 Å². The van der Waals surface area contributed by atoms with Gasteiger partial charge in [0, 0.05) is 6.54 Å². The highest BCUT2D eigenvalue weighted by atomic mass is 35.5. The summed E-state index contributed by atoms with van der Waals surface area (Å²) in [7, 11) is 0. The lowest BCUT2D eigenvalue weighted by atomic mass is 10.1. The molecule has 0 saturated carbocycles. The summed E-state index contributed by atoms with van der Waals surface area (Å²) in [6.45, 7) is 1.73. The second-order valence-electron chi connectivity index (χ2n) is 5.56. The lowest BCUT2D eigenvalue weighted by Crippen LogP contribution is -2.37. The predicted molar refractivity (Wildman–Crippen MR) is 97.8 cm³/mol. The third-order valence-electron chi connectivity index (χ3n) is 3.51. The summed E-state index contributed by atoms with van der Waals surface area (Å²) in [4.78, 5) is 22.5. The Morgan fingerprint density at radius 2 is 1.85 bits per heavy atom. The maximum atomic E-state index is 12.1. The van der Waals surface area contributed by atoms with E-state index in [1.54, 1.807) is 43.3 Å². The summed E-state index contributed by atoms with van der Waals surface area (Å²) in [6, 6.07) is 14.0. The molecule has 0 radical (unpaired) electrons. The van der Waals surface area contributed by atoms with Gasteiger partial charge in [-0.05, 0) is 43.2 Å². The summed E-state index contributed by atoms with van der Waals surface area (Å²) in [5.41, 5.74) is 0.993. The number of ether oxygens (including phenoxy) is 2. The van der Waals surface area contributed by atoms with Gasteiger partial charge in [-0.3, -0.25) is 4.79 Å². The van der Waals surface area contributed by atoms with Crippen molar-refractivity contribution in [2.45, 2.75) is 19.4 Å². The van der Waals surface area contributed by atoms with Crippen molar-refractivity contribution in [3.8, 4) is 11.5 Å². The van der Waals surface area contributed by atoms with E-state index in [0.717, 1.165) is 5.56 Å². The van der Waals surface area contributed by atoms with Crippen molar-refractivity contribution in [2.24, 2.45) is 0 Å². The Kier molecular flexibility index (Phi) is 7.29. The van der Waals surface area contributed by atoms with Crippen molar-refractivity contribution in [2.75, 3.05) is 13.2 Å². The zero-order chi connectivity index (χ0) is 18.9. The van der Waals surface area contributed by atoms with Crippen LogP contribution in [0.5, 0.6) is 11.5 Å². The van der Waals surface area contributed by atoms with Crippen molar-refractivity contribution >= 4 is 23.5 Å². The summed E-state index contributed by atoms with van der Waals surface area (Å²) in [5, 5.41) is 11.8. The van der Waals surface area contributed by atoms with Crippen molar-refractivity contribution in [1.29, 1.82) is 0 Å². The van der Waals surface area contributed by atoms with Gasteiger partial charge in [0.1, 0.15) is 11.5 Å². The highest BCUT2D eigenvalue weighted by molar-refractivity contribution is 6.32. The Labute approximate surface area is 156 Å². The molecule has 2 N–H and O–H groups in total. The molecule has 2 aromatic rings. The van der Waals surface area contributed by atoms with Gasteiger partial charge in [0.05, 0.1) is 5.02 Å². The number of carboxylic acid groups (broad SMARTS) is 1. The first-order valence-electron chi connectivity index (χ1n) is 8.08. The van der Waals surface area contributed by atoms with Gasteiger partial charge >= 0.3 is 5.97 Å². The zero-order valence-electron chi connectivity index (χ0n) is 14.3. The molecule has 6 nitrogen and oxygen atoms in total. The molecule has 0 aromatic heterocycles. The van der Waals surface area contributed by atoms with E-state index < -0.39 is 12.1 Å². The van der Waals surface area contributed by atoms with Crippen molar-refractivity contribution < 1.29 is 24.2 Å². The lowest BCUT2D eigenvalue weighted by molar-refractivity contribution is -0.139. The Morgan fingerprint density at radius 3 is 2.50 bits per heavy atom. The van der Waals surface area contributed by atoms with Crippen molar-refractivity contribution in [3.05, 3.63) is 59.1 Å². The molecule has 0 aliphatic heterocycles. The fourth-order valence-electron chi connectivity index (χ4n) is 2.16. The van der Waals surface area contributed by atoms with Gasteiger partial charge in [0.15, 0.2) is 12.7 Å². The summed E-state index contributed by atoms with van der Waals surface area (Å²) < 4.78 is 10.6. The van der Waals surface area contributed by atoms with Crippen LogP contribution >= 0.6 is 11.6 Å². The topological polar surface area (TPSA) is 84.9 Å². The minimum atomic E-state index is -1.02. The molecule has 0 fully saturated rings. The molecular weight excluding hydrogens is 358 g/mol. The Bertz CT molecular complexity index is 748. The number of rotatable bonds is 9. The highest BCUT2D eigenvalue weighted by Gasteiger charge is 2.15. The maximum absolute atomic E-state index is 12.1. The number of aliphatic carboxylic acids is 1. The van der Waals surface area contributed by atoms with E-state index in [4.69, 9.17) is 26.2 Å². The molecule has 0 heterocycles. The fourth-order valence-corrected chi connectivity index (χ4v) is 2.34. The van der Waals surface area contributed by atoms with Crippen LogP contribution in [-0.2, 0) is 16.0 Å². The van der Waals surface area contributed by atoms with Gasteiger partial charge < -0.3 is 19.9 Å². The minimum absolute atomic E-state index is 0.230. The van der Waals surface area contributed by atoms with Gasteiger partial charge in [-0.2, -0.15) is 0 Å². The van der Waals surface area contributed by atoms with E-state index in [0.29, 0.717) is 29.5 Å². The van der Waals surface area contributed by atoms with Gasteiger partial charge in [-0.1, -0.05) is 35.9 Å². The first-order chi connectivity index (χ1) is 12.5. The number of halogens is 1. The molecule has 2 aromatic carbocycles. The van der Waals surface area contributed by atoms with Crippen LogP contribution in [0, 0.1) is 0 Å². The summed E-state index contributed by atoms with van der Waals surface area (Å²) in [5.74, 6) is -0.299. The average molecular weight is 378 g/mol. The number of amides is 1. The molecule has 0 bridgehead atoms. The van der Waals surface area contributed by atoms with Gasteiger partial charge in [0.2, 0.25) is 0 Å². The molecular formula is C19H20ClNO5. The summed E-state index contributed by atoms with van der Waals surface area (Å²) in [6.07, 6.45) is -0.0364. The number of nitrogens with one attached hydrogen (secondary N) is 1. The number of para-hydroxylation sites is 1. The number of carboxylic acids is 1. The standard InChI is InChI=1S/C19H20ClNO5/c1-13(26-17-5-3-2-4-16(17)20)19(24)21-11-10-14-6-8-15(9-7-14)25-12-18(22)23/h2-9,13H,10-12H2,1H3,(H,21,24)(H,22,23). The van der Waals surface area contributed by atoms with Crippen LogP contribution in [0.1, 0.15) is 12.5 Å². The SMILES string of the molecule is CC(Oc1ccccc1Cl)C(=O)NCCc1ccc(OCC(=O)O)cc1. The molecule has 1 atom stereocenters. The van der Waals surface area contributed by atoms with E-state index in [1.807, 2.05) is 12.1 Å². The molecule has 1 unspecified atom stereocenters. The molecule has 26 heavy (non-hydrogen) atoms. The van der Waals surface area contributed by atoms with Crippen molar-refractivity contribution in [3.63, 3.8) is 0 Å². The Morgan fingerprint density at radius 1 is 1.15 bits per heavy atom. The van der Waals surface area contributed by atoms with E-state index in [2.05, 4.69) is 5.32 Å². The zero-order valence-corrected chi connectivity index (χ0v) is 15.0. The largest absolute Gasteiger partial charge is 0.482 e. The van der Waals surface area contributed by atoms with Crippen LogP contribution in [0.2, 0.25) is 5.02 Å². The molecule has 0 saturated heterocycles. The normalized spacial score (nSPS) is 11.5. The predicted octanol–water partition coefficient (Wildman–Crippen LogP) is 2.93. The van der Waals surface area contributed by atoms with E-state index in [9.17, 15) is 9.59 Å². The average Bonchev–Trinajstić information content (AvgIpc) is 2.62. The maximum Gasteiger partial charge on any atom is 0.341 e. The number of benzene rings is 2. The molecule has 2 rings (SSSR count). The molecule has 1 amide bonds. The Balaban J connectivity index is 1.75. The lowest BCUT2D eigenvalue weighted by Gasteiger charge is -2.15. The molecule has 0 aliphatic carbocycles. The fraction of sp³-hybridized carbons (Fsp3) is 0.263. The van der Waals surface area contributed by atoms with Gasteiger partial charge in [0.25, 0.3) is 5.91 Å². The van der Waals surface area contributed by atoms with Gasteiger partial charge in [-0.15, -0.1) is 0 Å². The number of hydrogen-bond donors (Lipinski definition) is 2. The molecule has 138 valence electrons. The van der Waals surface area contributed by atoms with Crippen LogP contribution in [-0.4, -0.2) is 36.2 Å². The van der Waals surface area contributed by atoms with E-state index >= 15 is 0 Å². The second kappa shape index (κ2) is 9.68. The van der Waals surface area contributed by atoms with E-state index in [-0.39, 0.29) is 12.5 Å². The third-order valence-corrected chi connectivity index (χ3v) is 3.82. The van der Waals surface area contributed by atoms with E-state index in [1.165, 1.54) is 0 Å². The van der Waals surface area contributed by atoms with Crippen LogP contribution in [0.15, 0.2) is 48.5 Å². The van der Waals surface area contributed by atoms with Crippen LogP contribution in [0.4, 0.5) is 0 Å².